The zero-order valence-electron chi connectivity index (χ0n) is 9.82. The average Bonchev–Trinajstić information content (AvgIpc) is 2.25. The van der Waals surface area contributed by atoms with Gasteiger partial charge in [0, 0.05) is 0 Å². The van der Waals surface area contributed by atoms with Crippen molar-refractivity contribution in [2.75, 3.05) is 6.54 Å². The molecular formula is C11H20N2O3. The maximum Gasteiger partial charge on any atom is 0.326 e. The minimum Gasteiger partial charge on any atom is -0.480 e. The van der Waals surface area contributed by atoms with E-state index in [-0.39, 0.29) is 17.9 Å². The summed E-state index contributed by atoms with van der Waals surface area (Å²) in [5.74, 6) is -1.27. The second-order valence-electron chi connectivity index (χ2n) is 4.57. The highest BCUT2D eigenvalue weighted by Crippen LogP contribution is 2.08. The number of hydrogen-bond acceptors (Lipinski definition) is 3. The molecule has 1 fully saturated rings. The molecule has 0 bridgehead atoms. The molecule has 1 saturated heterocycles. The van der Waals surface area contributed by atoms with Crippen molar-refractivity contribution in [2.24, 2.45) is 5.92 Å². The molecule has 92 valence electrons. The van der Waals surface area contributed by atoms with Crippen LogP contribution in [0.1, 0.15) is 33.1 Å². The Kier molecular flexibility index (Phi) is 4.73. The lowest BCUT2D eigenvalue weighted by atomic mass is 10.0. The largest absolute Gasteiger partial charge is 0.480 e. The molecule has 1 unspecified atom stereocenters. The van der Waals surface area contributed by atoms with Gasteiger partial charge in [-0.15, -0.1) is 0 Å². The number of carbonyl (C=O) groups excluding carboxylic acids is 1. The molecule has 5 heteroatoms. The maximum atomic E-state index is 11.8. The van der Waals surface area contributed by atoms with Crippen molar-refractivity contribution < 1.29 is 14.7 Å². The van der Waals surface area contributed by atoms with Crippen LogP contribution in [0, 0.1) is 5.92 Å². The number of carboxylic acids is 1. The monoisotopic (exact) mass is 228 g/mol. The molecule has 5 nitrogen and oxygen atoms in total. The van der Waals surface area contributed by atoms with Crippen LogP contribution in [-0.4, -0.2) is 35.6 Å². The molecular weight excluding hydrogens is 208 g/mol. The van der Waals surface area contributed by atoms with E-state index in [1.807, 2.05) is 0 Å². The fourth-order valence-electron chi connectivity index (χ4n) is 1.84. The Morgan fingerprint density at radius 3 is 2.50 bits per heavy atom. The van der Waals surface area contributed by atoms with Gasteiger partial charge in [-0.1, -0.05) is 20.3 Å². The highest BCUT2D eigenvalue weighted by molar-refractivity contribution is 5.87. The van der Waals surface area contributed by atoms with Gasteiger partial charge >= 0.3 is 5.97 Å². The summed E-state index contributed by atoms with van der Waals surface area (Å²) in [6, 6.07) is -1.02. The van der Waals surface area contributed by atoms with Crippen LogP contribution in [0.4, 0.5) is 0 Å². The van der Waals surface area contributed by atoms with E-state index in [0.29, 0.717) is 0 Å². The van der Waals surface area contributed by atoms with Crippen LogP contribution in [0.5, 0.6) is 0 Å². The molecule has 1 heterocycles. The van der Waals surface area contributed by atoms with Crippen molar-refractivity contribution in [3.63, 3.8) is 0 Å². The Balaban J connectivity index is 2.50. The van der Waals surface area contributed by atoms with E-state index < -0.39 is 12.0 Å². The zero-order valence-corrected chi connectivity index (χ0v) is 9.82. The Morgan fingerprint density at radius 1 is 1.38 bits per heavy atom. The Labute approximate surface area is 95.6 Å². The number of piperidine rings is 1. The smallest absolute Gasteiger partial charge is 0.326 e. The van der Waals surface area contributed by atoms with Gasteiger partial charge in [0.1, 0.15) is 6.04 Å². The van der Waals surface area contributed by atoms with Crippen LogP contribution in [0.2, 0.25) is 0 Å². The molecule has 1 aliphatic heterocycles. The number of rotatable bonds is 4. The first kappa shape index (κ1) is 13.0. The fourth-order valence-corrected chi connectivity index (χ4v) is 1.84. The molecule has 2 atom stereocenters. The van der Waals surface area contributed by atoms with Gasteiger partial charge in [-0.25, -0.2) is 4.79 Å². The second-order valence-corrected chi connectivity index (χ2v) is 4.57. The first-order chi connectivity index (χ1) is 7.52. The standard InChI is InChI=1S/C11H20N2O3/c1-7(2)9(11(15)16)13-10(14)8-5-3-4-6-12-8/h7-9,12H,3-6H2,1-2H3,(H,13,14)(H,15,16)/t8?,9-/m0/s1. The van der Waals surface area contributed by atoms with Crippen molar-refractivity contribution in [1.82, 2.24) is 10.6 Å². The van der Waals surface area contributed by atoms with Crippen molar-refractivity contribution in [2.45, 2.75) is 45.2 Å². The quantitative estimate of drug-likeness (QED) is 0.649. The molecule has 0 radical (unpaired) electrons. The topological polar surface area (TPSA) is 78.4 Å². The number of nitrogens with one attached hydrogen (secondary N) is 2. The summed E-state index contributed by atoms with van der Waals surface area (Å²) >= 11 is 0. The molecule has 1 aliphatic rings. The molecule has 3 N–H and O–H groups in total. The number of aliphatic carboxylic acids is 1. The summed E-state index contributed by atoms with van der Waals surface area (Å²) in [6.45, 7) is 4.40. The van der Waals surface area contributed by atoms with Gasteiger partial charge in [0.15, 0.2) is 0 Å². The molecule has 0 spiro atoms. The van der Waals surface area contributed by atoms with E-state index in [4.69, 9.17) is 5.11 Å². The van der Waals surface area contributed by atoms with Crippen molar-refractivity contribution in [3.8, 4) is 0 Å². The van der Waals surface area contributed by atoms with Crippen LogP contribution >= 0.6 is 0 Å². The van der Waals surface area contributed by atoms with Gasteiger partial charge in [-0.2, -0.15) is 0 Å². The van der Waals surface area contributed by atoms with Crippen molar-refractivity contribution in [1.29, 1.82) is 0 Å². The SMILES string of the molecule is CC(C)[C@H](NC(=O)C1CCCCN1)C(=O)O. The van der Waals surface area contributed by atoms with Crippen LogP contribution in [0.3, 0.4) is 0 Å². The molecule has 0 saturated carbocycles. The minimum absolute atomic E-state index is 0.106. The van der Waals surface area contributed by atoms with E-state index >= 15 is 0 Å². The summed E-state index contributed by atoms with van der Waals surface area (Å²) < 4.78 is 0. The first-order valence-corrected chi connectivity index (χ1v) is 5.79. The third kappa shape index (κ3) is 3.48. The summed E-state index contributed by atoms with van der Waals surface area (Å²) in [6.07, 6.45) is 2.89. The molecule has 0 aromatic carbocycles. The van der Waals surface area contributed by atoms with Gasteiger partial charge in [0.25, 0.3) is 0 Å². The Hall–Kier alpha value is -1.10. The zero-order chi connectivity index (χ0) is 12.1. The summed E-state index contributed by atoms with van der Waals surface area (Å²) in [7, 11) is 0. The van der Waals surface area contributed by atoms with Gasteiger partial charge < -0.3 is 15.7 Å². The third-order valence-electron chi connectivity index (χ3n) is 2.86. The highest BCUT2D eigenvalue weighted by Gasteiger charge is 2.27. The van der Waals surface area contributed by atoms with E-state index in [2.05, 4.69) is 10.6 Å². The fraction of sp³-hybridized carbons (Fsp3) is 0.818. The van der Waals surface area contributed by atoms with Crippen LogP contribution in [-0.2, 0) is 9.59 Å². The van der Waals surface area contributed by atoms with Gasteiger partial charge in [-0.05, 0) is 25.3 Å². The van der Waals surface area contributed by atoms with Crippen molar-refractivity contribution in [3.05, 3.63) is 0 Å². The summed E-state index contributed by atoms with van der Waals surface area (Å²) in [5, 5.41) is 14.6. The molecule has 0 aromatic rings. The lowest BCUT2D eigenvalue weighted by Gasteiger charge is -2.25. The van der Waals surface area contributed by atoms with Gasteiger partial charge in [0.05, 0.1) is 6.04 Å². The summed E-state index contributed by atoms with van der Waals surface area (Å²) in [4.78, 5) is 22.7. The number of amides is 1. The number of carbonyl (C=O) groups is 2. The lowest BCUT2D eigenvalue weighted by Crippen LogP contribution is -2.53. The second kappa shape index (κ2) is 5.84. The predicted molar refractivity (Wildman–Crippen MR) is 60.0 cm³/mol. The van der Waals surface area contributed by atoms with Crippen LogP contribution < -0.4 is 10.6 Å². The molecule has 16 heavy (non-hydrogen) atoms. The average molecular weight is 228 g/mol. The number of carboxylic acid groups (broad SMARTS) is 1. The van der Waals surface area contributed by atoms with Gasteiger partial charge in [-0.3, -0.25) is 4.79 Å². The van der Waals surface area contributed by atoms with E-state index in [1.165, 1.54) is 0 Å². The lowest BCUT2D eigenvalue weighted by molar-refractivity contribution is -0.143. The normalized spacial score (nSPS) is 22.8. The molecule has 1 amide bonds. The Bertz CT molecular complexity index is 260. The Morgan fingerprint density at radius 2 is 2.06 bits per heavy atom. The van der Waals surface area contributed by atoms with Crippen LogP contribution in [0.15, 0.2) is 0 Å². The minimum atomic E-state index is -0.973. The van der Waals surface area contributed by atoms with E-state index in [9.17, 15) is 9.59 Å². The number of hydrogen-bond donors (Lipinski definition) is 3. The predicted octanol–water partition coefficient (Wildman–Crippen LogP) is 0.354. The molecule has 1 rings (SSSR count). The molecule has 0 aromatic heterocycles. The van der Waals surface area contributed by atoms with Crippen LogP contribution in [0.25, 0.3) is 0 Å². The third-order valence-corrected chi connectivity index (χ3v) is 2.86. The summed E-state index contributed by atoms with van der Waals surface area (Å²) in [5.41, 5.74) is 0. The highest BCUT2D eigenvalue weighted by atomic mass is 16.4. The van der Waals surface area contributed by atoms with Crippen molar-refractivity contribution >= 4 is 11.9 Å². The van der Waals surface area contributed by atoms with E-state index in [0.717, 1.165) is 25.8 Å². The maximum absolute atomic E-state index is 11.8. The first-order valence-electron chi connectivity index (χ1n) is 5.79. The van der Waals surface area contributed by atoms with E-state index in [1.54, 1.807) is 13.8 Å². The molecule has 0 aliphatic carbocycles. The van der Waals surface area contributed by atoms with Gasteiger partial charge in [0.2, 0.25) is 5.91 Å².